The van der Waals surface area contributed by atoms with Gasteiger partial charge in [-0.3, -0.25) is 0 Å². The van der Waals surface area contributed by atoms with Crippen LogP contribution in [0, 0.1) is 0 Å². The molecule has 0 unspecified atom stereocenters. The first kappa shape index (κ1) is 11.2. The van der Waals surface area contributed by atoms with E-state index in [0.717, 1.165) is 18.8 Å². The van der Waals surface area contributed by atoms with Crippen LogP contribution >= 0.6 is 0 Å². The van der Waals surface area contributed by atoms with Crippen molar-refractivity contribution in [1.82, 2.24) is 0 Å². The van der Waals surface area contributed by atoms with E-state index in [9.17, 15) is 0 Å². The highest BCUT2D eigenvalue weighted by Gasteiger charge is 2.38. The van der Waals surface area contributed by atoms with E-state index >= 15 is 0 Å². The molecule has 0 aliphatic carbocycles. The summed E-state index contributed by atoms with van der Waals surface area (Å²) >= 11 is 0. The largest absolute Gasteiger partial charge is 0.383 e. The summed E-state index contributed by atoms with van der Waals surface area (Å²) in [7, 11) is 1.73. The number of methoxy groups -OCH3 is 1. The summed E-state index contributed by atoms with van der Waals surface area (Å²) in [6.07, 6.45) is 0. The minimum Gasteiger partial charge on any atom is -0.383 e. The second-order valence-electron chi connectivity index (χ2n) is 4.73. The van der Waals surface area contributed by atoms with Crippen molar-refractivity contribution in [1.29, 1.82) is 0 Å². The van der Waals surface area contributed by atoms with Crippen LogP contribution in [0.3, 0.4) is 0 Å². The highest BCUT2D eigenvalue weighted by Crippen LogP contribution is 2.46. The Bertz CT molecular complexity index is 409. The van der Waals surface area contributed by atoms with Gasteiger partial charge in [0, 0.05) is 30.5 Å². The predicted octanol–water partition coefficient (Wildman–Crippen LogP) is 2.94. The summed E-state index contributed by atoms with van der Waals surface area (Å²) in [4.78, 5) is 2.26. The number of benzene rings is 1. The Morgan fingerprint density at radius 3 is 2.69 bits per heavy atom. The number of ether oxygens (including phenoxy) is 1. The van der Waals surface area contributed by atoms with Crippen LogP contribution in [-0.2, 0) is 10.2 Å². The fraction of sp³-hybridized carbons (Fsp3) is 0.429. The first-order valence-corrected chi connectivity index (χ1v) is 5.64. The first-order chi connectivity index (χ1) is 7.59. The van der Waals surface area contributed by atoms with E-state index in [0.29, 0.717) is 0 Å². The molecular weight excluding hydrogens is 198 g/mol. The smallest absolute Gasteiger partial charge is 0.0642 e. The molecule has 2 nitrogen and oxygen atoms in total. The van der Waals surface area contributed by atoms with E-state index < -0.39 is 0 Å². The molecule has 1 aliphatic heterocycles. The molecule has 16 heavy (non-hydrogen) atoms. The Balaban J connectivity index is 2.39. The van der Waals surface area contributed by atoms with Crippen molar-refractivity contribution in [2.24, 2.45) is 0 Å². The van der Waals surface area contributed by atoms with Crippen LogP contribution in [0.4, 0.5) is 5.69 Å². The Morgan fingerprint density at radius 1 is 1.31 bits per heavy atom. The van der Waals surface area contributed by atoms with Gasteiger partial charge in [0.1, 0.15) is 0 Å². The SMILES string of the molecule is C=C1N(CCOC)c2ccccc2C1(C)C. The van der Waals surface area contributed by atoms with Gasteiger partial charge < -0.3 is 9.64 Å². The van der Waals surface area contributed by atoms with Crippen molar-refractivity contribution < 1.29 is 4.74 Å². The maximum absolute atomic E-state index is 5.15. The van der Waals surface area contributed by atoms with Crippen LogP contribution in [-0.4, -0.2) is 20.3 Å². The Kier molecular flexibility index (Phi) is 2.76. The summed E-state index contributed by atoms with van der Waals surface area (Å²) < 4.78 is 5.15. The molecule has 0 saturated heterocycles. The summed E-state index contributed by atoms with van der Waals surface area (Å²) in [5.41, 5.74) is 3.82. The molecule has 1 aromatic carbocycles. The Hall–Kier alpha value is -1.28. The second kappa shape index (κ2) is 3.95. The van der Waals surface area contributed by atoms with Crippen LogP contribution in [0.5, 0.6) is 0 Å². The normalized spacial score (nSPS) is 17.7. The fourth-order valence-corrected chi connectivity index (χ4v) is 2.31. The molecule has 1 aromatic rings. The van der Waals surface area contributed by atoms with Gasteiger partial charge >= 0.3 is 0 Å². The third-order valence-electron chi connectivity index (χ3n) is 3.43. The van der Waals surface area contributed by atoms with Gasteiger partial charge in [-0.15, -0.1) is 0 Å². The number of nitrogens with zero attached hydrogens (tertiary/aromatic N) is 1. The summed E-state index contributed by atoms with van der Waals surface area (Å²) in [6.45, 7) is 10.3. The molecule has 0 radical (unpaired) electrons. The lowest BCUT2D eigenvalue weighted by molar-refractivity contribution is 0.206. The monoisotopic (exact) mass is 217 g/mol. The van der Waals surface area contributed by atoms with Crippen molar-refractivity contribution in [2.45, 2.75) is 19.3 Å². The van der Waals surface area contributed by atoms with Crippen LogP contribution in [0.25, 0.3) is 0 Å². The molecule has 0 spiro atoms. The minimum absolute atomic E-state index is 0.0321. The molecule has 1 aliphatic rings. The fourth-order valence-electron chi connectivity index (χ4n) is 2.31. The number of para-hydroxylation sites is 1. The van der Waals surface area contributed by atoms with Crippen molar-refractivity contribution in [2.75, 3.05) is 25.2 Å². The number of rotatable bonds is 3. The van der Waals surface area contributed by atoms with Crippen molar-refractivity contribution in [3.8, 4) is 0 Å². The minimum atomic E-state index is 0.0321. The van der Waals surface area contributed by atoms with Crippen molar-refractivity contribution >= 4 is 5.69 Å². The molecule has 86 valence electrons. The molecule has 2 rings (SSSR count). The summed E-state index contributed by atoms with van der Waals surface area (Å²) in [5, 5.41) is 0. The molecule has 2 heteroatoms. The van der Waals surface area contributed by atoms with Crippen LogP contribution < -0.4 is 4.90 Å². The molecule has 0 aromatic heterocycles. The third-order valence-corrected chi connectivity index (χ3v) is 3.43. The average Bonchev–Trinajstić information content (AvgIpc) is 2.47. The first-order valence-electron chi connectivity index (χ1n) is 5.64. The quantitative estimate of drug-likeness (QED) is 0.772. The number of anilines is 1. The maximum Gasteiger partial charge on any atom is 0.0642 e. The molecule has 0 saturated carbocycles. The molecular formula is C14H19NO. The number of allylic oxidation sites excluding steroid dienone is 1. The van der Waals surface area contributed by atoms with Crippen LogP contribution in [0.1, 0.15) is 19.4 Å². The number of hydrogen-bond acceptors (Lipinski definition) is 2. The van der Waals surface area contributed by atoms with Gasteiger partial charge in [0.25, 0.3) is 0 Å². The van der Waals surface area contributed by atoms with Gasteiger partial charge in [-0.25, -0.2) is 0 Å². The topological polar surface area (TPSA) is 12.5 Å². The highest BCUT2D eigenvalue weighted by atomic mass is 16.5. The van der Waals surface area contributed by atoms with Gasteiger partial charge in [-0.2, -0.15) is 0 Å². The standard InChI is InChI=1S/C14H19NO/c1-11-14(2,3)12-7-5-6-8-13(12)15(11)9-10-16-4/h5-8H,1,9-10H2,2-4H3. The van der Waals surface area contributed by atoms with Gasteiger partial charge in [0.05, 0.1) is 6.61 Å². The van der Waals surface area contributed by atoms with Gasteiger partial charge in [0.2, 0.25) is 0 Å². The summed E-state index contributed by atoms with van der Waals surface area (Å²) in [6, 6.07) is 8.51. The lowest BCUT2D eigenvalue weighted by Gasteiger charge is -2.25. The van der Waals surface area contributed by atoms with E-state index in [1.165, 1.54) is 11.3 Å². The molecule has 0 fully saturated rings. The Morgan fingerprint density at radius 2 is 2.00 bits per heavy atom. The maximum atomic E-state index is 5.15. The zero-order chi connectivity index (χ0) is 11.8. The van der Waals surface area contributed by atoms with E-state index in [2.05, 4.69) is 49.6 Å². The highest BCUT2D eigenvalue weighted by molar-refractivity contribution is 5.69. The number of fused-ring (bicyclic) bond motifs is 1. The predicted molar refractivity (Wildman–Crippen MR) is 67.8 cm³/mol. The van der Waals surface area contributed by atoms with Crippen molar-refractivity contribution in [3.05, 3.63) is 42.1 Å². The van der Waals surface area contributed by atoms with Gasteiger partial charge in [-0.05, 0) is 11.6 Å². The molecule has 0 amide bonds. The van der Waals surface area contributed by atoms with Gasteiger partial charge in [-0.1, -0.05) is 38.6 Å². The lowest BCUT2D eigenvalue weighted by atomic mass is 9.85. The van der Waals surface area contributed by atoms with E-state index in [1.54, 1.807) is 7.11 Å². The average molecular weight is 217 g/mol. The van der Waals surface area contributed by atoms with Crippen LogP contribution in [0.15, 0.2) is 36.5 Å². The molecule has 0 bridgehead atoms. The van der Waals surface area contributed by atoms with E-state index in [-0.39, 0.29) is 5.41 Å². The van der Waals surface area contributed by atoms with E-state index in [1.807, 2.05) is 0 Å². The zero-order valence-electron chi connectivity index (χ0n) is 10.3. The van der Waals surface area contributed by atoms with Gasteiger partial charge in [0.15, 0.2) is 0 Å². The summed E-state index contributed by atoms with van der Waals surface area (Å²) in [5.74, 6) is 0. The molecule has 1 heterocycles. The van der Waals surface area contributed by atoms with E-state index in [4.69, 9.17) is 4.74 Å². The zero-order valence-corrected chi connectivity index (χ0v) is 10.3. The molecule has 0 N–H and O–H groups in total. The third kappa shape index (κ3) is 1.54. The second-order valence-corrected chi connectivity index (χ2v) is 4.73. The van der Waals surface area contributed by atoms with Crippen LogP contribution in [0.2, 0.25) is 0 Å². The number of hydrogen-bond donors (Lipinski definition) is 0. The Labute approximate surface area is 97.5 Å². The van der Waals surface area contributed by atoms with Crippen molar-refractivity contribution in [3.63, 3.8) is 0 Å². The lowest BCUT2D eigenvalue weighted by Crippen LogP contribution is -2.28. The molecule has 0 atom stereocenters.